The van der Waals surface area contributed by atoms with Crippen molar-refractivity contribution < 1.29 is 0 Å². The van der Waals surface area contributed by atoms with Gasteiger partial charge < -0.3 is 0 Å². The molecule has 2 heteroatoms. The average molecular weight is 196 g/mol. The Labute approximate surface area is 50.7 Å². The molecule has 0 heterocycles. The van der Waals surface area contributed by atoms with Crippen LogP contribution in [0.4, 0.5) is 0 Å². The summed E-state index contributed by atoms with van der Waals surface area (Å²) in [5.41, 5.74) is 0. The monoisotopic (exact) mass is 196 g/mol. The van der Waals surface area contributed by atoms with Crippen LogP contribution < -0.4 is 0 Å². The molecule has 0 spiro atoms. The zero-order valence-electron chi connectivity index (χ0n) is 3.44. The molecule has 3 unspecified atom stereocenters. The Morgan fingerprint density at radius 2 is 2.00 bits per heavy atom. The summed E-state index contributed by atoms with van der Waals surface area (Å²) >= 11 is 3.70. The molecule has 3 atom stereocenters. The zero-order valence-corrected chi connectivity index (χ0v) is 8.28. The van der Waals surface area contributed by atoms with Gasteiger partial charge in [0.2, 0.25) is 0 Å². The SMILES string of the molecule is CC([AsH2])C[AsH2]. The van der Waals surface area contributed by atoms with Gasteiger partial charge in [0, 0.05) is 0 Å². The first-order valence-electron chi connectivity index (χ1n) is 1.73. The molecule has 0 N–H and O–H groups in total. The van der Waals surface area contributed by atoms with Gasteiger partial charge in [-0.15, -0.1) is 0 Å². The molecule has 0 aromatic carbocycles. The molecular weight excluding hydrogens is 186 g/mol. The van der Waals surface area contributed by atoms with Crippen LogP contribution in [0.15, 0.2) is 0 Å². The first-order chi connectivity index (χ1) is 2.27. The Bertz CT molecular complexity index is 18.9. The third-order valence-corrected chi connectivity index (χ3v) is 4.90. The van der Waals surface area contributed by atoms with Crippen LogP contribution in [0.5, 0.6) is 0 Å². The quantitative estimate of drug-likeness (QED) is 0.495. The fourth-order valence-electron chi connectivity index (χ4n) is 0. The molecule has 0 saturated carbocycles. The second-order valence-electron chi connectivity index (χ2n) is 1.21. The van der Waals surface area contributed by atoms with Gasteiger partial charge in [0.05, 0.1) is 0 Å². The van der Waals surface area contributed by atoms with Crippen molar-refractivity contribution in [1.29, 1.82) is 0 Å². The number of rotatable bonds is 1. The first-order valence-corrected chi connectivity index (χ1v) is 4.84. The summed E-state index contributed by atoms with van der Waals surface area (Å²) in [5.74, 6) is 0. The summed E-state index contributed by atoms with van der Waals surface area (Å²) in [6.07, 6.45) is 0. The third-order valence-electron chi connectivity index (χ3n) is 0.372. The van der Waals surface area contributed by atoms with Crippen LogP contribution in [-0.2, 0) is 0 Å². The molecule has 0 aromatic heterocycles. The predicted octanol–water partition coefficient (Wildman–Crippen LogP) is -0.521. The molecular formula is C3H10As2. The van der Waals surface area contributed by atoms with E-state index in [1.807, 2.05) is 33.7 Å². The molecule has 0 aliphatic heterocycles. The Morgan fingerprint density at radius 3 is 2.00 bits per heavy atom. The summed E-state index contributed by atoms with van der Waals surface area (Å²) in [6.45, 7) is 2.27. The van der Waals surface area contributed by atoms with Gasteiger partial charge in [-0.2, -0.15) is 0 Å². The van der Waals surface area contributed by atoms with E-state index in [0.29, 0.717) is 0 Å². The van der Waals surface area contributed by atoms with Crippen molar-refractivity contribution in [2.24, 2.45) is 0 Å². The predicted molar refractivity (Wildman–Crippen MR) is 31.3 cm³/mol. The summed E-state index contributed by atoms with van der Waals surface area (Å²) in [5, 5.41) is 1.40. The average Bonchev–Trinajstić information content (AvgIpc) is 1.38. The molecule has 0 aliphatic carbocycles. The van der Waals surface area contributed by atoms with Crippen molar-refractivity contribution in [1.82, 2.24) is 0 Å². The van der Waals surface area contributed by atoms with Crippen LogP contribution >= 0.6 is 0 Å². The van der Waals surface area contributed by atoms with E-state index < -0.39 is 0 Å². The topological polar surface area (TPSA) is 0 Å². The molecule has 0 fully saturated rings. The van der Waals surface area contributed by atoms with Gasteiger partial charge in [0.1, 0.15) is 0 Å². The standard InChI is InChI=1S/C3H10As2/c1-3(5)2-4/h3H,2,4-5H2,1H3. The number of hydrogen-bond donors (Lipinski definition) is 0. The van der Waals surface area contributed by atoms with Gasteiger partial charge in [0.25, 0.3) is 0 Å². The van der Waals surface area contributed by atoms with Crippen molar-refractivity contribution >= 4 is 33.7 Å². The minimum atomic E-state index is 0.975. The van der Waals surface area contributed by atoms with E-state index in [2.05, 4.69) is 6.92 Å². The molecule has 0 aliphatic rings. The maximum atomic E-state index is 2.27. The molecule has 32 valence electrons. The summed E-state index contributed by atoms with van der Waals surface area (Å²) in [7, 11) is 0. The van der Waals surface area contributed by atoms with Crippen LogP contribution in [0.2, 0.25) is 9.91 Å². The molecule has 0 rings (SSSR count). The van der Waals surface area contributed by atoms with Crippen molar-refractivity contribution in [3.05, 3.63) is 0 Å². The molecule has 0 bridgehead atoms. The molecule has 0 nitrogen and oxygen atoms in total. The van der Waals surface area contributed by atoms with Crippen molar-refractivity contribution in [2.75, 3.05) is 0 Å². The molecule has 0 radical (unpaired) electrons. The second kappa shape index (κ2) is 3.31. The fraction of sp³-hybridized carbons (Fsp3) is 1.00. The van der Waals surface area contributed by atoms with E-state index in [1.165, 1.54) is 5.21 Å². The van der Waals surface area contributed by atoms with Crippen molar-refractivity contribution in [3.8, 4) is 0 Å². The van der Waals surface area contributed by atoms with Crippen LogP contribution in [-0.4, -0.2) is 33.7 Å². The van der Waals surface area contributed by atoms with Crippen LogP contribution in [0.3, 0.4) is 0 Å². The summed E-state index contributed by atoms with van der Waals surface area (Å²) < 4.78 is 0.975. The molecule has 5 heavy (non-hydrogen) atoms. The van der Waals surface area contributed by atoms with E-state index in [0.717, 1.165) is 4.71 Å². The van der Waals surface area contributed by atoms with E-state index in [-0.39, 0.29) is 0 Å². The van der Waals surface area contributed by atoms with Gasteiger partial charge in [-0.1, -0.05) is 0 Å². The van der Waals surface area contributed by atoms with Crippen LogP contribution in [0.25, 0.3) is 0 Å². The third kappa shape index (κ3) is 5.12. The van der Waals surface area contributed by atoms with Crippen LogP contribution in [0.1, 0.15) is 6.92 Å². The zero-order chi connectivity index (χ0) is 4.28. The van der Waals surface area contributed by atoms with Crippen molar-refractivity contribution in [2.45, 2.75) is 16.8 Å². The summed E-state index contributed by atoms with van der Waals surface area (Å²) in [4.78, 5) is 0. The maximum absolute atomic E-state index is 2.27. The van der Waals surface area contributed by atoms with E-state index in [9.17, 15) is 0 Å². The number of hydrogen-bond acceptors (Lipinski definition) is 0. The van der Waals surface area contributed by atoms with Gasteiger partial charge in [-0.25, -0.2) is 0 Å². The van der Waals surface area contributed by atoms with E-state index in [1.54, 1.807) is 0 Å². The van der Waals surface area contributed by atoms with Gasteiger partial charge >= 0.3 is 50.5 Å². The summed E-state index contributed by atoms with van der Waals surface area (Å²) in [6, 6.07) is 0. The van der Waals surface area contributed by atoms with E-state index in [4.69, 9.17) is 0 Å². The van der Waals surface area contributed by atoms with Crippen LogP contribution in [0, 0.1) is 0 Å². The van der Waals surface area contributed by atoms with Gasteiger partial charge in [-0.3, -0.25) is 0 Å². The van der Waals surface area contributed by atoms with Crippen molar-refractivity contribution in [3.63, 3.8) is 0 Å². The molecule has 0 amide bonds. The van der Waals surface area contributed by atoms with Gasteiger partial charge in [0.15, 0.2) is 0 Å². The Morgan fingerprint density at radius 1 is 1.80 bits per heavy atom. The van der Waals surface area contributed by atoms with E-state index >= 15 is 0 Å². The minimum absolute atomic E-state index is 0.975. The fourth-order valence-corrected chi connectivity index (χ4v) is 0. The Balaban J connectivity index is 2.54. The molecule has 0 aromatic rings. The Kier molecular flexibility index (Phi) is 4.05. The molecule has 0 saturated heterocycles. The van der Waals surface area contributed by atoms with Gasteiger partial charge in [-0.05, 0) is 0 Å². The normalized spacial score (nSPS) is 15.0. The second-order valence-corrected chi connectivity index (χ2v) is 4.59. The Hall–Kier alpha value is 1.12. The first kappa shape index (κ1) is 6.12.